The van der Waals surface area contributed by atoms with Gasteiger partial charge in [0, 0.05) is 12.4 Å². The van der Waals surface area contributed by atoms with Crippen LogP contribution in [0.15, 0.2) is 17.1 Å². The third-order valence-electron chi connectivity index (χ3n) is 5.21. The van der Waals surface area contributed by atoms with Gasteiger partial charge in [0.05, 0.1) is 13.2 Å². The number of aliphatic carboxylic acids is 1. The molecule has 1 unspecified atom stereocenters. The molecule has 1 atom stereocenters. The van der Waals surface area contributed by atoms with E-state index >= 15 is 0 Å². The smallest absolute Gasteiger partial charge is 0.196 e. The summed E-state index contributed by atoms with van der Waals surface area (Å²) < 4.78 is 0. The van der Waals surface area contributed by atoms with Crippen molar-refractivity contribution in [2.75, 3.05) is 26.2 Å². The van der Waals surface area contributed by atoms with Crippen molar-refractivity contribution in [1.82, 2.24) is 0 Å². The summed E-state index contributed by atoms with van der Waals surface area (Å²) in [5, 5.41) is 18.0. The molecule has 0 aromatic rings. The van der Waals surface area contributed by atoms with Gasteiger partial charge in [-0.15, -0.1) is 0 Å². The Morgan fingerprint density at radius 2 is 1.52 bits per heavy atom. The first-order valence-electron chi connectivity index (χ1n) is 11.9. The Morgan fingerprint density at radius 3 is 2.07 bits per heavy atom. The lowest BCUT2D eigenvalue weighted by molar-refractivity contribution is -0.800. The van der Waals surface area contributed by atoms with Crippen LogP contribution in [0.1, 0.15) is 104 Å². The Labute approximate surface area is 179 Å². The third kappa shape index (κ3) is 19.9. The largest absolute Gasteiger partial charge is 0.550 e. The van der Waals surface area contributed by atoms with Gasteiger partial charge in [0.1, 0.15) is 13.1 Å². The van der Waals surface area contributed by atoms with Crippen molar-refractivity contribution < 1.29 is 19.9 Å². The van der Waals surface area contributed by atoms with Crippen molar-refractivity contribution in [2.24, 2.45) is 4.99 Å². The molecule has 5 nitrogen and oxygen atoms in total. The molecule has 0 saturated heterocycles. The fourth-order valence-electron chi connectivity index (χ4n) is 3.61. The van der Waals surface area contributed by atoms with Crippen LogP contribution in [0.3, 0.4) is 0 Å². The maximum atomic E-state index is 9.07. The molecule has 0 fully saturated rings. The first-order chi connectivity index (χ1) is 14.1. The van der Waals surface area contributed by atoms with Crippen LogP contribution in [0.4, 0.5) is 0 Å². The second kappa shape index (κ2) is 21.5. The first-order valence-corrected chi connectivity index (χ1v) is 11.9. The Hall–Kier alpha value is -1.20. The van der Waals surface area contributed by atoms with Crippen LogP contribution in [0.2, 0.25) is 0 Å². The van der Waals surface area contributed by atoms with E-state index in [0.29, 0.717) is 0 Å². The number of nitrogens with zero attached hydrogens (tertiary/aromatic N) is 1. The van der Waals surface area contributed by atoms with Gasteiger partial charge in [-0.1, -0.05) is 70.4 Å². The molecule has 0 amide bonds. The maximum Gasteiger partial charge on any atom is 0.196 e. The van der Waals surface area contributed by atoms with Crippen LogP contribution >= 0.6 is 0 Å². The van der Waals surface area contributed by atoms with Gasteiger partial charge < -0.3 is 15.0 Å². The van der Waals surface area contributed by atoms with E-state index < -0.39 is 5.97 Å². The highest BCUT2D eigenvalue weighted by atomic mass is 16.4. The summed E-state index contributed by atoms with van der Waals surface area (Å²) in [5.41, 5.74) is 0. The van der Waals surface area contributed by atoms with E-state index in [0.717, 1.165) is 33.0 Å². The fraction of sp³-hybridized carbons (Fsp3) is 0.833. The Kier molecular flexibility index (Phi) is 20.6. The molecular weight excluding hydrogens is 364 g/mol. The molecule has 0 bridgehead atoms. The lowest BCUT2D eigenvalue weighted by atomic mass is 10.1. The number of hydrogen-bond donors (Lipinski definition) is 2. The van der Waals surface area contributed by atoms with Gasteiger partial charge >= 0.3 is 0 Å². The quantitative estimate of drug-likeness (QED) is 0.286. The van der Waals surface area contributed by atoms with E-state index in [1.54, 1.807) is 0 Å². The molecule has 0 aromatic carbocycles. The number of aliphatic imine (C=N–C) groups is 1. The molecule has 29 heavy (non-hydrogen) atoms. The number of carboxylic acid groups (broad SMARTS) is 1. The van der Waals surface area contributed by atoms with E-state index in [4.69, 9.17) is 15.0 Å². The molecule has 0 aromatic heterocycles. The summed E-state index contributed by atoms with van der Waals surface area (Å²) in [4.78, 5) is 14.9. The molecule has 2 N–H and O–H groups in total. The molecule has 1 aliphatic heterocycles. The van der Waals surface area contributed by atoms with Crippen LogP contribution in [0.25, 0.3) is 0 Å². The number of aliphatic hydroxyl groups is 1. The maximum absolute atomic E-state index is 9.07. The van der Waals surface area contributed by atoms with Crippen LogP contribution in [-0.2, 0) is 4.79 Å². The van der Waals surface area contributed by atoms with E-state index in [2.05, 4.69) is 24.1 Å². The van der Waals surface area contributed by atoms with Crippen LogP contribution in [0.5, 0.6) is 0 Å². The van der Waals surface area contributed by atoms with Crippen molar-refractivity contribution in [1.29, 1.82) is 0 Å². The lowest BCUT2D eigenvalue weighted by Crippen LogP contribution is -3.13. The second-order valence-corrected chi connectivity index (χ2v) is 7.98. The number of carboxylic acids is 1. The number of aliphatic hydroxyl groups excluding tert-OH is 1. The standard InChI is InChI=1S/C22H42N2O.C2H4O2/c1-2-3-4-5-6-7-8-9-10-11-12-13-14-15-16-17-22-23-18-19-24(22)20-21-25;1-2(3)4/h9-10,25H,2-8,11-21H2,1H3;1H3,(H,3,4). The summed E-state index contributed by atoms with van der Waals surface area (Å²) in [5.74, 6) is 0.228. The van der Waals surface area contributed by atoms with Crippen molar-refractivity contribution in [3.8, 4) is 0 Å². The van der Waals surface area contributed by atoms with E-state index in [9.17, 15) is 0 Å². The lowest BCUT2D eigenvalue weighted by Gasteiger charge is -2.12. The highest BCUT2D eigenvalue weighted by molar-refractivity contribution is 5.74. The molecule has 0 saturated carbocycles. The molecule has 0 spiro atoms. The summed E-state index contributed by atoms with van der Waals surface area (Å²) in [7, 11) is 0. The van der Waals surface area contributed by atoms with Gasteiger partial charge in [-0.05, 0) is 39.0 Å². The zero-order valence-electron chi connectivity index (χ0n) is 19.1. The topological polar surface area (TPSA) is 77.2 Å². The third-order valence-corrected chi connectivity index (χ3v) is 5.21. The highest BCUT2D eigenvalue weighted by Gasteiger charge is 2.20. The van der Waals surface area contributed by atoms with Crippen molar-refractivity contribution in [2.45, 2.75) is 104 Å². The number of rotatable bonds is 17. The summed E-state index contributed by atoms with van der Waals surface area (Å²) in [6.07, 6.45) is 23.5. The SMILES string of the molecule is CC(=O)[O-].CCCCCCCCC=CCCCCCCCC1=NCC[NH+]1CCO. The number of allylic oxidation sites excluding steroid dienone is 2. The predicted octanol–water partition coefficient (Wildman–Crippen LogP) is 3.07. The number of amidine groups is 1. The van der Waals surface area contributed by atoms with Crippen molar-refractivity contribution in [3.05, 3.63) is 12.2 Å². The minimum Gasteiger partial charge on any atom is -0.550 e. The molecule has 0 aliphatic carbocycles. The highest BCUT2D eigenvalue weighted by Crippen LogP contribution is 2.10. The molecule has 170 valence electrons. The summed E-state index contributed by atoms with van der Waals surface area (Å²) in [6.45, 7) is 6.40. The monoisotopic (exact) mass is 410 g/mol. The minimum atomic E-state index is -1.08. The van der Waals surface area contributed by atoms with Crippen molar-refractivity contribution in [3.63, 3.8) is 0 Å². The molecular formula is C24H46N2O3. The predicted molar refractivity (Wildman–Crippen MR) is 120 cm³/mol. The minimum absolute atomic E-state index is 0.279. The molecule has 1 rings (SSSR count). The zero-order valence-corrected chi connectivity index (χ0v) is 19.1. The van der Waals surface area contributed by atoms with Gasteiger partial charge in [-0.2, -0.15) is 0 Å². The van der Waals surface area contributed by atoms with Gasteiger partial charge in [-0.3, -0.25) is 4.90 Å². The zero-order chi connectivity index (χ0) is 21.6. The van der Waals surface area contributed by atoms with Gasteiger partial charge in [0.25, 0.3) is 0 Å². The van der Waals surface area contributed by atoms with Crippen LogP contribution in [0, 0.1) is 0 Å². The summed E-state index contributed by atoms with van der Waals surface area (Å²) in [6, 6.07) is 0. The average Bonchev–Trinajstić information content (AvgIpc) is 3.12. The number of unbranched alkanes of at least 4 members (excludes halogenated alkanes) is 11. The number of carbonyl (C=O) groups is 1. The Morgan fingerprint density at radius 1 is 1.00 bits per heavy atom. The molecule has 1 aliphatic rings. The van der Waals surface area contributed by atoms with Gasteiger partial charge in [-0.25, -0.2) is 4.99 Å². The van der Waals surface area contributed by atoms with E-state index in [1.807, 2.05) is 0 Å². The summed E-state index contributed by atoms with van der Waals surface area (Å²) >= 11 is 0. The Bertz CT molecular complexity index is 432. The molecule has 0 radical (unpaired) electrons. The molecule has 1 heterocycles. The van der Waals surface area contributed by atoms with Crippen LogP contribution < -0.4 is 10.0 Å². The average molecular weight is 411 g/mol. The fourth-order valence-corrected chi connectivity index (χ4v) is 3.61. The number of carbonyl (C=O) groups excluding carboxylic acids is 1. The number of nitrogens with one attached hydrogen (secondary N) is 1. The number of quaternary nitrogens is 1. The Balaban J connectivity index is 0.00000178. The molecule has 5 heteroatoms. The van der Waals surface area contributed by atoms with E-state index in [1.165, 1.54) is 94.2 Å². The van der Waals surface area contributed by atoms with E-state index in [-0.39, 0.29) is 6.61 Å². The normalized spacial score (nSPS) is 16.0. The second-order valence-electron chi connectivity index (χ2n) is 7.98. The van der Waals surface area contributed by atoms with Crippen molar-refractivity contribution >= 4 is 11.8 Å². The first kappa shape index (κ1) is 27.8. The van der Waals surface area contributed by atoms with Gasteiger partial charge in [0.2, 0.25) is 0 Å². The van der Waals surface area contributed by atoms with Gasteiger partial charge in [0.15, 0.2) is 5.84 Å². The van der Waals surface area contributed by atoms with Crippen LogP contribution in [-0.4, -0.2) is 43.2 Å². The number of hydrogen-bond acceptors (Lipinski definition) is 4.